The summed E-state index contributed by atoms with van der Waals surface area (Å²) in [5, 5.41) is 12.0. The number of rotatable bonds is 6. The lowest BCUT2D eigenvalue weighted by Gasteiger charge is -2.28. The highest BCUT2D eigenvalue weighted by atomic mass is 16.3. The van der Waals surface area contributed by atoms with Gasteiger partial charge in [-0.15, -0.1) is 0 Å². The van der Waals surface area contributed by atoms with Crippen molar-refractivity contribution in [2.24, 2.45) is 0 Å². The Balaban J connectivity index is 2.22. The molecular weight excluding hydrogens is 288 g/mol. The van der Waals surface area contributed by atoms with Crippen LogP contribution in [0.25, 0.3) is 0 Å². The summed E-state index contributed by atoms with van der Waals surface area (Å²) in [6, 6.07) is 20.1. The van der Waals surface area contributed by atoms with Crippen LogP contribution < -0.4 is 5.32 Å². The molecule has 23 heavy (non-hydrogen) atoms. The third-order valence-electron chi connectivity index (χ3n) is 3.95. The van der Waals surface area contributed by atoms with Crippen LogP contribution in [0.1, 0.15) is 24.0 Å². The Hall–Kier alpha value is -2.33. The first-order chi connectivity index (χ1) is 11.1. The Morgan fingerprint density at radius 3 is 1.96 bits per heavy atom. The van der Waals surface area contributed by atoms with Crippen LogP contribution in [0.4, 0.5) is 4.79 Å². The van der Waals surface area contributed by atoms with E-state index in [0.29, 0.717) is 6.54 Å². The van der Waals surface area contributed by atoms with Crippen LogP contribution >= 0.6 is 0 Å². The van der Waals surface area contributed by atoms with E-state index in [1.165, 1.54) is 4.90 Å². The summed E-state index contributed by atoms with van der Waals surface area (Å²) < 4.78 is 0. The van der Waals surface area contributed by atoms with Crippen molar-refractivity contribution in [3.63, 3.8) is 0 Å². The highest BCUT2D eigenvalue weighted by molar-refractivity contribution is 5.74. The van der Waals surface area contributed by atoms with Gasteiger partial charge >= 0.3 is 6.03 Å². The summed E-state index contributed by atoms with van der Waals surface area (Å²) in [6.45, 7) is 2.29. The number of hydrogen-bond donors (Lipinski definition) is 2. The first-order valence-corrected chi connectivity index (χ1v) is 7.86. The molecule has 0 saturated heterocycles. The van der Waals surface area contributed by atoms with Gasteiger partial charge in [-0.3, -0.25) is 0 Å². The molecule has 2 N–H and O–H groups in total. The van der Waals surface area contributed by atoms with Gasteiger partial charge in [-0.2, -0.15) is 0 Å². The maximum atomic E-state index is 12.2. The molecule has 2 amide bonds. The number of carbonyl (C=O) groups excluding carboxylic acids is 1. The van der Waals surface area contributed by atoms with Gasteiger partial charge in [0, 0.05) is 25.6 Å². The number of carbonyl (C=O) groups is 1. The number of nitrogens with one attached hydrogen (secondary N) is 1. The zero-order chi connectivity index (χ0) is 16.7. The van der Waals surface area contributed by atoms with Crippen molar-refractivity contribution in [3.8, 4) is 0 Å². The SMILES string of the molecule is CC(NC(=O)N(C)CCO)C(c1ccccc1)c1ccccc1. The van der Waals surface area contributed by atoms with E-state index in [9.17, 15) is 4.79 Å². The van der Waals surface area contributed by atoms with Gasteiger partial charge < -0.3 is 15.3 Å². The molecule has 2 aromatic carbocycles. The molecule has 0 radical (unpaired) electrons. The predicted octanol–water partition coefficient (Wildman–Crippen LogP) is 2.84. The third kappa shape index (κ3) is 4.57. The second kappa shape index (κ2) is 8.34. The van der Waals surface area contributed by atoms with Crippen molar-refractivity contribution < 1.29 is 9.90 Å². The van der Waals surface area contributed by atoms with Crippen molar-refractivity contribution in [3.05, 3.63) is 71.8 Å². The van der Waals surface area contributed by atoms with Gasteiger partial charge in [0.2, 0.25) is 0 Å². The van der Waals surface area contributed by atoms with Crippen molar-refractivity contribution in [1.82, 2.24) is 10.2 Å². The number of amides is 2. The highest BCUT2D eigenvalue weighted by Gasteiger charge is 2.23. The summed E-state index contributed by atoms with van der Waals surface area (Å²) >= 11 is 0. The van der Waals surface area contributed by atoms with Crippen LogP contribution in [0.3, 0.4) is 0 Å². The van der Waals surface area contributed by atoms with E-state index in [-0.39, 0.29) is 24.6 Å². The molecule has 2 aromatic rings. The van der Waals surface area contributed by atoms with Gasteiger partial charge in [0.25, 0.3) is 0 Å². The first kappa shape index (κ1) is 17.0. The molecule has 0 aromatic heterocycles. The second-order valence-corrected chi connectivity index (χ2v) is 5.68. The van der Waals surface area contributed by atoms with E-state index in [1.54, 1.807) is 7.05 Å². The average Bonchev–Trinajstić information content (AvgIpc) is 2.57. The van der Waals surface area contributed by atoms with E-state index in [0.717, 1.165) is 11.1 Å². The standard InChI is InChI=1S/C19H24N2O2/c1-15(20-19(23)21(2)13-14-22)18(16-9-5-3-6-10-16)17-11-7-4-8-12-17/h3-12,15,18,22H,13-14H2,1-2H3,(H,20,23). The Kier molecular flexibility index (Phi) is 6.18. The first-order valence-electron chi connectivity index (χ1n) is 7.86. The molecule has 0 spiro atoms. The van der Waals surface area contributed by atoms with Crippen molar-refractivity contribution >= 4 is 6.03 Å². The molecule has 0 heterocycles. The molecular formula is C19H24N2O2. The maximum absolute atomic E-state index is 12.2. The minimum Gasteiger partial charge on any atom is -0.395 e. The number of aliphatic hydroxyl groups excluding tert-OH is 1. The number of aliphatic hydroxyl groups is 1. The topological polar surface area (TPSA) is 52.6 Å². The minimum atomic E-state index is -0.177. The largest absolute Gasteiger partial charge is 0.395 e. The van der Waals surface area contributed by atoms with Gasteiger partial charge in [-0.25, -0.2) is 4.79 Å². The molecule has 122 valence electrons. The van der Waals surface area contributed by atoms with Crippen molar-refractivity contribution in [2.45, 2.75) is 18.9 Å². The van der Waals surface area contributed by atoms with Crippen LogP contribution in [0.5, 0.6) is 0 Å². The summed E-state index contributed by atoms with van der Waals surface area (Å²) in [5.74, 6) is 0.0730. The van der Waals surface area contributed by atoms with Gasteiger partial charge in [-0.1, -0.05) is 60.7 Å². The summed E-state index contributed by atoms with van der Waals surface area (Å²) in [4.78, 5) is 13.7. The summed E-state index contributed by atoms with van der Waals surface area (Å²) in [5.41, 5.74) is 2.33. The fourth-order valence-corrected chi connectivity index (χ4v) is 2.73. The Morgan fingerprint density at radius 1 is 1.04 bits per heavy atom. The number of hydrogen-bond acceptors (Lipinski definition) is 2. The number of nitrogens with zero attached hydrogens (tertiary/aromatic N) is 1. The smallest absolute Gasteiger partial charge is 0.317 e. The molecule has 2 rings (SSSR count). The molecule has 0 aliphatic rings. The van der Waals surface area contributed by atoms with Gasteiger partial charge in [0.1, 0.15) is 0 Å². The quantitative estimate of drug-likeness (QED) is 0.862. The molecule has 0 saturated carbocycles. The lowest BCUT2D eigenvalue weighted by Crippen LogP contribution is -2.45. The fraction of sp³-hybridized carbons (Fsp3) is 0.316. The average molecular weight is 312 g/mol. The maximum Gasteiger partial charge on any atom is 0.317 e. The van der Waals surface area contributed by atoms with Gasteiger partial charge in [0.15, 0.2) is 0 Å². The molecule has 1 atom stereocenters. The Labute approximate surface area is 137 Å². The monoisotopic (exact) mass is 312 g/mol. The molecule has 1 unspecified atom stereocenters. The molecule has 0 aliphatic carbocycles. The normalized spacial score (nSPS) is 12.0. The third-order valence-corrected chi connectivity index (χ3v) is 3.95. The number of urea groups is 1. The molecule has 0 fully saturated rings. The minimum absolute atomic E-state index is 0.0426. The van der Waals surface area contributed by atoms with Crippen LogP contribution in [-0.4, -0.2) is 42.3 Å². The summed E-state index contributed by atoms with van der Waals surface area (Å²) in [6.07, 6.45) is 0. The molecule has 4 nitrogen and oxygen atoms in total. The van der Waals surface area contributed by atoms with Crippen LogP contribution in [0.15, 0.2) is 60.7 Å². The second-order valence-electron chi connectivity index (χ2n) is 5.68. The van der Waals surface area contributed by atoms with Gasteiger partial charge in [-0.05, 0) is 18.1 Å². The number of benzene rings is 2. The Bertz CT molecular complexity index is 562. The van der Waals surface area contributed by atoms with Crippen LogP contribution in [0.2, 0.25) is 0 Å². The van der Waals surface area contributed by atoms with E-state index >= 15 is 0 Å². The van der Waals surface area contributed by atoms with Crippen molar-refractivity contribution in [1.29, 1.82) is 0 Å². The van der Waals surface area contributed by atoms with E-state index in [4.69, 9.17) is 5.11 Å². The lowest BCUT2D eigenvalue weighted by molar-refractivity contribution is 0.187. The van der Waals surface area contributed by atoms with Gasteiger partial charge in [0.05, 0.1) is 6.61 Å². The van der Waals surface area contributed by atoms with Crippen molar-refractivity contribution in [2.75, 3.05) is 20.2 Å². The Morgan fingerprint density at radius 2 is 1.52 bits per heavy atom. The molecule has 0 bridgehead atoms. The number of likely N-dealkylation sites (N-methyl/N-ethyl adjacent to an activating group) is 1. The van der Waals surface area contributed by atoms with Crippen LogP contribution in [0, 0.1) is 0 Å². The predicted molar refractivity (Wildman–Crippen MR) is 92.4 cm³/mol. The lowest BCUT2D eigenvalue weighted by atomic mass is 9.86. The van der Waals surface area contributed by atoms with E-state index in [2.05, 4.69) is 29.6 Å². The highest BCUT2D eigenvalue weighted by Crippen LogP contribution is 2.27. The van der Waals surface area contributed by atoms with Crippen LogP contribution in [-0.2, 0) is 0 Å². The molecule has 0 aliphatic heterocycles. The zero-order valence-electron chi connectivity index (χ0n) is 13.6. The zero-order valence-corrected chi connectivity index (χ0v) is 13.6. The fourth-order valence-electron chi connectivity index (χ4n) is 2.73. The van der Waals surface area contributed by atoms with E-state index in [1.807, 2.05) is 43.3 Å². The molecule has 4 heteroatoms. The van der Waals surface area contributed by atoms with E-state index < -0.39 is 0 Å². The summed E-state index contributed by atoms with van der Waals surface area (Å²) in [7, 11) is 1.68.